The molecule has 0 aliphatic carbocycles. The highest BCUT2D eigenvalue weighted by Crippen LogP contribution is 2.24. The minimum absolute atomic E-state index is 0.0412. The second kappa shape index (κ2) is 4.73. The molecule has 0 radical (unpaired) electrons. The van der Waals surface area contributed by atoms with Crippen LogP contribution in [0.4, 0.5) is 5.69 Å². The Balaban J connectivity index is 2.25. The molecule has 1 aromatic rings. The zero-order valence-electron chi connectivity index (χ0n) is 9.41. The topological polar surface area (TPSA) is 60.8 Å². The lowest BCUT2D eigenvalue weighted by molar-refractivity contribution is -0.117. The van der Waals surface area contributed by atoms with Crippen molar-refractivity contribution < 1.29 is 14.8 Å². The number of anilines is 1. The molecule has 1 fully saturated rings. The minimum atomic E-state index is -1.51. The van der Waals surface area contributed by atoms with Crippen LogP contribution in [-0.2, 0) is 4.79 Å². The van der Waals surface area contributed by atoms with Crippen LogP contribution in [0.25, 0.3) is 0 Å². The van der Waals surface area contributed by atoms with Crippen LogP contribution in [0.2, 0.25) is 0 Å². The van der Waals surface area contributed by atoms with Crippen molar-refractivity contribution in [3.63, 3.8) is 0 Å². The summed E-state index contributed by atoms with van der Waals surface area (Å²) in [6.45, 7) is 4.30. The van der Waals surface area contributed by atoms with E-state index in [1.165, 1.54) is 0 Å². The maximum absolute atomic E-state index is 11.8. The van der Waals surface area contributed by atoms with Gasteiger partial charge < -0.3 is 14.9 Å². The standard InChI is InChI=1S/C12H14BNO3/c1-2-9-6-12(15)14(8-9)11-5-3-4-10(7-11)13(16)17/h2-5,7,9,16-17H,1,6,8H2. The van der Waals surface area contributed by atoms with Crippen LogP contribution in [0.1, 0.15) is 6.42 Å². The van der Waals surface area contributed by atoms with E-state index in [2.05, 4.69) is 6.58 Å². The number of nitrogens with zero attached hydrogens (tertiary/aromatic N) is 1. The molecule has 0 aromatic heterocycles. The zero-order chi connectivity index (χ0) is 12.4. The van der Waals surface area contributed by atoms with Crippen molar-refractivity contribution in [3.05, 3.63) is 36.9 Å². The van der Waals surface area contributed by atoms with Crippen LogP contribution in [0.15, 0.2) is 36.9 Å². The van der Waals surface area contributed by atoms with Gasteiger partial charge in [-0.3, -0.25) is 4.79 Å². The van der Waals surface area contributed by atoms with E-state index in [0.717, 1.165) is 0 Å². The summed E-state index contributed by atoms with van der Waals surface area (Å²) in [6.07, 6.45) is 2.25. The molecule has 2 N–H and O–H groups in total. The van der Waals surface area contributed by atoms with E-state index in [-0.39, 0.29) is 11.8 Å². The molecule has 0 bridgehead atoms. The van der Waals surface area contributed by atoms with Crippen molar-refractivity contribution in [2.45, 2.75) is 6.42 Å². The molecule has 1 unspecified atom stereocenters. The van der Waals surface area contributed by atoms with Gasteiger partial charge in [0.2, 0.25) is 5.91 Å². The molecule has 1 heterocycles. The van der Waals surface area contributed by atoms with Gasteiger partial charge in [-0.15, -0.1) is 6.58 Å². The van der Waals surface area contributed by atoms with Crippen LogP contribution in [-0.4, -0.2) is 29.6 Å². The first-order valence-corrected chi connectivity index (χ1v) is 5.51. The van der Waals surface area contributed by atoms with Crippen LogP contribution < -0.4 is 10.4 Å². The number of hydrogen-bond acceptors (Lipinski definition) is 3. The van der Waals surface area contributed by atoms with Gasteiger partial charge in [0, 0.05) is 24.6 Å². The number of amides is 1. The third-order valence-electron chi connectivity index (χ3n) is 2.97. The van der Waals surface area contributed by atoms with Crippen LogP contribution in [0.5, 0.6) is 0 Å². The van der Waals surface area contributed by atoms with Gasteiger partial charge in [0.05, 0.1) is 0 Å². The van der Waals surface area contributed by atoms with Gasteiger partial charge in [-0.1, -0.05) is 18.2 Å². The van der Waals surface area contributed by atoms with Crippen molar-refractivity contribution in [1.29, 1.82) is 0 Å². The van der Waals surface area contributed by atoms with Crippen LogP contribution in [0.3, 0.4) is 0 Å². The molecule has 1 aliphatic heterocycles. The fraction of sp³-hybridized carbons (Fsp3) is 0.250. The summed E-state index contributed by atoms with van der Waals surface area (Å²) in [7, 11) is -1.51. The first-order valence-electron chi connectivity index (χ1n) is 5.51. The molecule has 0 saturated carbocycles. The van der Waals surface area contributed by atoms with Crippen molar-refractivity contribution in [2.75, 3.05) is 11.4 Å². The number of carbonyl (C=O) groups is 1. The van der Waals surface area contributed by atoms with Crippen molar-refractivity contribution >= 4 is 24.2 Å². The Bertz CT molecular complexity index is 447. The molecule has 1 atom stereocenters. The normalized spacial score (nSPS) is 19.5. The molecule has 1 aromatic carbocycles. The van der Waals surface area contributed by atoms with E-state index >= 15 is 0 Å². The summed E-state index contributed by atoms with van der Waals surface area (Å²) in [5.74, 6) is 0.213. The zero-order valence-corrected chi connectivity index (χ0v) is 9.41. The lowest BCUT2D eigenvalue weighted by atomic mass is 9.80. The Morgan fingerprint density at radius 3 is 2.82 bits per heavy atom. The predicted octanol–water partition coefficient (Wildman–Crippen LogP) is -0.0947. The second-order valence-corrected chi connectivity index (χ2v) is 4.17. The van der Waals surface area contributed by atoms with Gasteiger partial charge in [-0.25, -0.2) is 0 Å². The van der Waals surface area contributed by atoms with Crippen molar-refractivity contribution in [1.82, 2.24) is 0 Å². The lowest BCUT2D eigenvalue weighted by Crippen LogP contribution is -2.32. The van der Waals surface area contributed by atoms with Crippen molar-refractivity contribution in [3.8, 4) is 0 Å². The Labute approximate surface area is 100 Å². The molecular formula is C12H14BNO3. The van der Waals surface area contributed by atoms with Gasteiger partial charge in [-0.05, 0) is 17.6 Å². The Hall–Kier alpha value is -1.59. The molecule has 2 rings (SSSR count). The fourth-order valence-corrected chi connectivity index (χ4v) is 2.00. The van der Waals surface area contributed by atoms with E-state index in [1.54, 1.807) is 35.2 Å². The molecule has 1 aliphatic rings. The number of hydrogen-bond donors (Lipinski definition) is 2. The van der Waals surface area contributed by atoms with Gasteiger partial charge in [-0.2, -0.15) is 0 Å². The van der Waals surface area contributed by atoms with Gasteiger partial charge in [0.15, 0.2) is 0 Å². The molecule has 0 spiro atoms. The largest absolute Gasteiger partial charge is 0.488 e. The summed E-state index contributed by atoms with van der Waals surface area (Å²) in [6, 6.07) is 6.72. The summed E-state index contributed by atoms with van der Waals surface area (Å²) in [5.41, 5.74) is 1.09. The van der Waals surface area contributed by atoms with Crippen LogP contribution >= 0.6 is 0 Å². The average molecular weight is 231 g/mol. The molecule has 4 nitrogen and oxygen atoms in total. The molecule has 1 saturated heterocycles. The molecule has 88 valence electrons. The smallest absolute Gasteiger partial charge is 0.423 e. The Morgan fingerprint density at radius 1 is 1.47 bits per heavy atom. The highest BCUT2D eigenvalue weighted by atomic mass is 16.4. The molecule has 5 heteroatoms. The monoisotopic (exact) mass is 231 g/mol. The predicted molar refractivity (Wildman–Crippen MR) is 66.9 cm³/mol. The first kappa shape index (κ1) is 11.9. The minimum Gasteiger partial charge on any atom is -0.423 e. The number of rotatable bonds is 3. The highest BCUT2D eigenvalue weighted by Gasteiger charge is 2.29. The number of carbonyl (C=O) groups excluding carboxylic acids is 1. The summed E-state index contributed by atoms with van der Waals surface area (Å²) >= 11 is 0. The van der Waals surface area contributed by atoms with E-state index in [9.17, 15) is 4.79 Å². The summed E-state index contributed by atoms with van der Waals surface area (Å²) in [4.78, 5) is 13.4. The average Bonchev–Trinajstić information content (AvgIpc) is 2.71. The Kier molecular flexibility index (Phi) is 3.31. The van der Waals surface area contributed by atoms with Gasteiger partial charge in [0.25, 0.3) is 0 Å². The fourth-order valence-electron chi connectivity index (χ4n) is 2.00. The quantitative estimate of drug-likeness (QED) is 0.564. The van der Waals surface area contributed by atoms with Crippen molar-refractivity contribution in [2.24, 2.45) is 5.92 Å². The van der Waals surface area contributed by atoms with E-state index in [0.29, 0.717) is 24.1 Å². The lowest BCUT2D eigenvalue weighted by Gasteiger charge is -2.17. The third kappa shape index (κ3) is 2.40. The third-order valence-corrected chi connectivity index (χ3v) is 2.97. The summed E-state index contributed by atoms with van der Waals surface area (Å²) in [5, 5.41) is 18.2. The van der Waals surface area contributed by atoms with E-state index in [1.807, 2.05) is 0 Å². The van der Waals surface area contributed by atoms with Gasteiger partial charge >= 0.3 is 7.12 Å². The first-order chi connectivity index (χ1) is 8.11. The Morgan fingerprint density at radius 2 is 2.24 bits per heavy atom. The van der Waals surface area contributed by atoms with Gasteiger partial charge in [0.1, 0.15) is 0 Å². The second-order valence-electron chi connectivity index (χ2n) is 4.17. The molecule has 1 amide bonds. The van der Waals surface area contributed by atoms with E-state index in [4.69, 9.17) is 10.0 Å². The SMILES string of the molecule is C=CC1CC(=O)N(c2cccc(B(O)O)c2)C1. The maximum atomic E-state index is 11.8. The maximum Gasteiger partial charge on any atom is 0.488 e. The van der Waals surface area contributed by atoms with E-state index < -0.39 is 7.12 Å². The highest BCUT2D eigenvalue weighted by molar-refractivity contribution is 6.58. The molecule has 17 heavy (non-hydrogen) atoms. The summed E-state index contributed by atoms with van der Waals surface area (Å²) < 4.78 is 0. The van der Waals surface area contributed by atoms with Crippen LogP contribution in [0, 0.1) is 5.92 Å². The number of benzene rings is 1. The molecular weight excluding hydrogens is 217 g/mol.